The average molecular weight is 511 g/mol. The lowest BCUT2D eigenvalue weighted by molar-refractivity contribution is 0.151. The number of methoxy groups -OCH3 is 2. The van der Waals surface area contributed by atoms with E-state index < -0.39 is 12.0 Å². The molecule has 1 heterocycles. The van der Waals surface area contributed by atoms with E-state index in [1.165, 1.54) is 24.1 Å². The van der Waals surface area contributed by atoms with Crippen LogP contribution in [0.1, 0.15) is 23.2 Å². The second-order valence-corrected chi connectivity index (χ2v) is 7.57. The SMILES string of the molecule is COc1ccc(Cn2cnc(CCO)c(Oc3cc(C(F)F)cc(Br)c3OC)c2=O)cc1. The summed E-state index contributed by atoms with van der Waals surface area (Å²) in [7, 11) is 2.91. The van der Waals surface area contributed by atoms with Crippen molar-refractivity contribution in [2.75, 3.05) is 20.8 Å². The molecule has 1 aromatic heterocycles. The van der Waals surface area contributed by atoms with Crippen LogP contribution >= 0.6 is 15.9 Å². The normalized spacial score (nSPS) is 11.0. The van der Waals surface area contributed by atoms with Gasteiger partial charge in [0.05, 0.1) is 37.3 Å². The van der Waals surface area contributed by atoms with E-state index >= 15 is 0 Å². The number of aromatic nitrogens is 2. The minimum Gasteiger partial charge on any atom is -0.497 e. The van der Waals surface area contributed by atoms with Gasteiger partial charge in [0, 0.05) is 18.6 Å². The first-order valence-corrected chi connectivity index (χ1v) is 10.3. The molecule has 0 aliphatic heterocycles. The molecule has 0 atom stereocenters. The minimum absolute atomic E-state index is 0.0476. The lowest BCUT2D eigenvalue weighted by Crippen LogP contribution is -2.24. The lowest BCUT2D eigenvalue weighted by atomic mass is 10.2. The van der Waals surface area contributed by atoms with Crippen LogP contribution in [0.4, 0.5) is 8.78 Å². The van der Waals surface area contributed by atoms with Gasteiger partial charge < -0.3 is 19.3 Å². The van der Waals surface area contributed by atoms with Gasteiger partial charge >= 0.3 is 0 Å². The molecule has 3 rings (SSSR count). The van der Waals surface area contributed by atoms with Crippen molar-refractivity contribution in [1.82, 2.24) is 9.55 Å². The summed E-state index contributed by atoms with van der Waals surface area (Å²) in [4.78, 5) is 17.4. The largest absolute Gasteiger partial charge is 0.497 e. The van der Waals surface area contributed by atoms with Crippen molar-refractivity contribution in [2.24, 2.45) is 0 Å². The first kappa shape index (κ1) is 23.7. The van der Waals surface area contributed by atoms with Crippen molar-refractivity contribution < 1.29 is 28.1 Å². The van der Waals surface area contributed by atoms with Crippen LogP contribution in [0.5, 0.6) is 23.0 Å². The third-order valence-electron chi connectivity index (χ3n) is 4.63. The highest BCUT2D eigenvalue weighted by atomic mass is 79.9. The molecule has 7 nitrogen and oxygen atoms in total. The molecule has 0 aliphatic rings. The van der Waals surface area contributed by atoms with Gasteiger partial charge in [-0.2, -0.15) is 0 Å². The standard InChI is InChI=1S/C22H21BrF2N2O5/c1-30-15-5-3-13(4-6-15)11-27-12-26-17(7-8-28)20(22(27)29)32-18-10-14(21(24)25)9-16(23)19(18)31-2/h3-6,9-10,12,21,28H,7-8,11H2,1-2H3. The topological polar surface area (TPSA) is 82.8 Å². The van der Waals surface area contributed by atoms with Crippen LogP contribution in [0, 0.1) is 0 Å². The molecular formula is C22H21BrF2N2O5. The molecule has 1 N–H and O–H groups in total. The number of aliphatic hydroxyl groups is 1. The molecule has 0 unspecified atom stereocenters. The van der Waals surface area contributed by atoms with Crippen LogP contribution in [0.3, 0.4) is 0 Å². The van der Waals surface area contributed by atoms with Crippen LogP contribution in [-0.2, 0) is 13.0 Å². The van der Waals surface area contributed by atoms with Gasteiger partial charge in [-0.1, -0.05) is 12.1 Å². The molecule has 0 saturated heterocycles. The molecular weight excluding hydrogens is 490 g/mol. The Morgan fingerprint density at radius 1 is 1.12 bits per heavy atom. The number of hydrogen-bond acceptors (Lipinski definition) is 6. The van der Waals surface area contributed by atoms with E-state index in [4.69, 9.17) is 14.2 Å². The number of benzene rings is 2. The fourth-order valence-electron chi connectivity index (χ4n) is 3.03. The van der Waals surface area contributed by atoms with E-state index in [0.717, 1.165) is 11.6 Å². The molecule has 32 heavy (non-hydrogen) atoms. The van der Waals surface area contributed by atoms with Gasteiger partial charge in [-0.3, -0.25) is 9.36 Å². The summed E-state index contributed by atoms with van der Waals surface area (Å²) >= 11 is 3.19. The maximum Gasteiger partial charge on any atom is 0.296 e. The third kappa shape index (κ3) is 5.25. The second kappa shape index (κ2) is 10.6. The van der Waals surface area contributed by atoms with Gasteiger partial charge in [0.15, 0.2) is 11.5 Å². The van der Waals surface area contributed by atoms with Crippen LogP contribution in [0.2, 0.25) is 0 Å². The summed E-state index contributed by atoms with van der Waals surface area (Å²) in [5.74, 6) is 0.580. The number of aliphatic hydroxyl groups excluding tert-OH is 1. The van der Waals surface area contributed by atoms with Crippen molar-refractivity contribution in [2.45, 2.75) is 19.4 Å². The summed E-state index contributed by atoms with van der Waals surface area (Å²) in [6.07, 6.45) is -1.35. The molecule has 0 bridgehead atoms. The number of alkyl halides is 2. The Bertz CT molecular complexity index is 1140. The van der Waals surface area contributed by atoms with Crippen molar-refractivity contribution in [1.29, 1.82) is 0 Å². The average Bonchev–Trinajstić information content (AvgIpc) is 2.78. The van der Waals surface area contributed by atoms with E-state index in [9.17, 15) is 18.7 Å². The Labute approximate surface area is 191 Å². The first-order valence-electron chi connectivity index (χ1n) is 9.53. The summed E-state index contributed by atoms with van der Waals surface area (Å²) in [5.41, 5.74) is 0.179. The van der Waals surface area contributed by atoms with Crippen LogP contribution < -0.4 is 19.8 Å². The third-order valence-corrected chi connectivity index (χ3v) is 5.22. The van der Waals surface area contributed by atoms with Gasteiger partial charge in [0.25, 0.3) is 12.0 Å². The molecule has 0 radical (unpaired) electrons. The Morgan fingerprint density at radius 3 is 2.44 bits per heavy atom. The van der Waals surface area contributed by atoms with E-state index in [-0.39, 0.29) is 52.6 Å². The maximum atomic E-state index is 13.3. The zero-order valence-electron chi connectivity index (χ0n) is 17.3. The summed E-state index contributed by atoms with van der Waals surface area (Å²) in [6, 6.07) is 9.47. The minimum atomic E-state index is -2.75. The molecule has 0 amide bonds. The molecule has 0 aliphatic carbocycles. The van der Waals surface area contributed by atoms with Crippen molar-refractivity contribution in [3.63, 3.8) is 0 Å². The summed E-state index contributed by atoms with van der Waals surface area (Å²) in [6.45, 7) is -0.0767. The highest BCUT2D eigenvalue weighted by Gasteiger charge is 2.21. The van der Waals surface area contributed by atoms with Crippen LogP contribution in [0.15, 0.2) is 52.0 Å². The molecule has 0 spiro atoms. The van der Waals surface area contributed by atoms with Crippen molar-refractivity contribution in [3.8, 4) is 23.0 Å². The Morgan fingerprint density at radius 2 is 1.84 bits per heavy atom. The lowest BCUT2D eigenvalue weighted by Gasteiger charge is -2.16. The smallest absolute Gasteiger partial charge is 0.296 e. The van der Waals surface area contributed by atoms with Crippen molar-refractivity contribution in [3.05, 3.63) is 74.4 Å². The van der Waals surface area contributed by atoms with Crippen LogP contribution in [0.25, 0.3) is 0 Å². The number of hydrogen-bond donors (Lipinski definition) is 1. The fraction of sp³-hybridized carbons (Fsp3) is 0.273. The van der Waals surface area contributed by atoms with Gasteiger partial charge in [-0.05, 0) is 45.8 Å². The molecule has 10 heteroatoms. The highest BCUT2D eigenvalue weighted by molar-refractivity contribution is 9.10. The second-order valence-electron chi connectivity index (χ2n) is 6.71. The zero-order chi connectivity index (χ0) is 23.3. The quantitative estimate of drug-likeness (QED) is 0.461. The van der Waals surface area contributed by atoms with Crippen LogP contribution in [-0.4, -0.2) is 35.5 Å². The predicted molar refractivity (Wildman–Crippen MR) is 117 cm³/mol. The number of rotatable bonds is 9. The Hall–Kier alpha value is -2.98. The first-order chi connectivity index (χ1) is 15.4. The van der Waals surface area contributed by atoms with E-state index in [1.807, 2.05) is 0 Å². The van der Waals surface area contributed by atoms with Gasteiger partial charge in [-0.25, -0.2) is 13.8 Å². The zero-order valence-corrected chi connectivity index (χ0v) is 18.9. The Kier molecular flexibility index (Phi) is 7.81. The number of nitrogens with zero attached hydrogens (tertiary/aromatic N) is 2. The molecule has 3 aromatic rings. The summed E-state index contributed by atoms with van der Waals surface area (Å²) in [5, 5.41) is 9.37. The molecule has 0 saturated carbocycles. The molecule has 0 fully saturated rings. The summed E-state index contributed by atoms with van der Waals surface area (Å²) < 4.78 is 44.4. The van der Waals surface area contributed by atoms with Gasteiger partial charge in [0.2, 0.25) is 5.75 Å². The van der Waals surface area contributed by atoms with E-state index in [1.54, 1.807) is 31.4 Å². The number of halogens is 3. The molecule has 170 valence electrons. The molecule has 2 aromatic carbocycles. The van der Waals surface area contributed by atoms with Crippen molar-refractivity contribution >= 4 is 15.9 Å². The van der Waals surface area contributed by atoms with E-state index in [0.29, 0.717) is 5.75 Å². The Balaban J connectivity index is 2.05. The number of ether oxygens (including phenoxy) is 3. The van der Waals surface area contributed by atoms with Gasteiger partial charge in [0.1, 0.15) is 5.75 Å². The van der Waals surface area contributed by atoms with Gasteiger partial charge in [-0.15, -0.1) is 0 Å². The van der Waals surface area contributed by atoms with E-state index in [2.05, 4.69) is 20.9 Å². The monoisotopic (exact) mass is 510 g/mol. The predicted octanol–water partition coefficient (Wildman–Crippen LogP) is 4.34. The fourth-order valence-corrected chi connectivity index (χ4v) is 3.65. The maximum absolute atomic E-state index is 13.3. The highest BCUT2D eigenvalue weighted by Crippen LogP contribution is 2.41.